The Balaban J connectivity index is 2.06. The van der Waals surface area contributed by atoms with Gasteiger partial charge in [-0.05, 0) is 36.1 Å². The van der Waals surface area contributed by atoms with E-state index in [0.29, 0.717) is 24.1 Å². The molecule has 0 bridgehead atoms. The molecule has 1 saturated heterocycles. The van der Waals surface area contributed by atoms with Crippen LogP contribution in [0.2, 0.25) is 0 Å². The lowest BCUT2D eigenvalue weighted by molar-refractivity contribution is -0.187. The fourth-order valence-electron chi connectivity index (χ4n) is 2.65. The summed E-state index contributed by atoms with van der Waals surface area (Å²) in [5.74, 6) is -2.37. The van der Waals surface area contributed by atoms with E-state index >= 15 is 0 Å². The van der Waals surface area contributed by atoms with E-state index < -0.39 is 23.8 Å². The van der Waals surface area contributed by atoms with Crippen LogP contribution < -0.4 is 0 Å². The molecule has 6 heteroatoms. The van der Waals surface area contributed by atoms with Crippen molar-refractivity contribution in [3.63, 3.8) is 0 Å². The molecule has 0 aromatic heterocycles. The Labute approximate surface area is 126 Å². The van der Waals surface area contributed by atoms with Crippen LogP contribution >= 0.6 is 0 Å². The van der Waals surface area contributed by atoms with Crippen LogP contribution in [-0.2, 0) is 11.2 Å². The molecule has 0 N–H and O–H groups in total. The standard InChI is InChI=1S/C16H17F4NO/c1-2-11-6-12(8-14(17)7-11)9-15(22)21-5-3-4-13(10-21)16(18,19)20/h2,6-8,13H,1,3-5,9-10H2. The first-order valence-electron chi connectivity index (χ1n) is 7.06. The molecule has 1 aliphatic heterocycles. The van der Waals surface area contributed by atoms with Crippen LogP contribution in [0.5, 0.6) is 0 Å². The zero-order valence-electron chi connectivity index (χ0n) is 12.0. The molecule has 120 valence electrons. The van der Waals surface area contributed by atoms with Crippen molar-refractivity contribution < 1.29 is 22.4 Å². The molecule has 1 atom stereocenters. The number of amides is 1. The number of alkyl halides is 3. The molecule has 0 radical (unpaired) electrons. The van der Waals surface area contributed by atoms with E-state index in [0.717, 1.165) is 0 Å². The second-order valence-corrected chi connectivity index (χ2v) is 5.49. The summed E-state index contributed by atoms with van der Waals surface area (Å²) in [6.07, 6.45) is -2.56. The van der Waals surface area contributed by atoms with Crippen molar-refractivity contribution in [3.8, 4) is 0 Å². The molecule has 1 unspecified atom stereocenters. The van der Waals surface area contributed by atoms with Gasteiger partial charge < -0.3 is 4.90 Å². The van der Waals surface area contributed by atoms with Crippen LogP contribution in [0.4, 0.5) is 17.6 Å². The summed E-state index contributed by atoms with van der Waals surface area (Å²) >= 11 is 0. The highest BCUT2D eigenvalue weighted by molar-refractivity contribution is 5.79. The third-order valence-electron chi connectivity index (χ3n) is 3.81. The molecule has 1 aliphatic rings. The highest BCUT2D eigenvalue weighted by Crippen LogP contribution is 2.33. The normalized spacial score (nSPS) is 19.1. The van der Waals surface area contributed by atoms with E-state index in [4.69, 9.17) is 0 Å². The van der Waals surface area contributed by atoms with E-state index in [1.54, 1.807) is 6.07 Å². The maximum Gasteiger partial charge on any atom is 0.393 e. The third-order valence-corrected chi connectivity index (χ3v) is 3.81. The molecular formula is C16H17F4NO. The van der Waals surface area contributed by atoms with Gasteiger partial charge in [0, 0.05) is 13.1 Å². The first-order valence-corrected chi connectivity index (χ1v) is 7.06. The van der Waals surface area contributed by atoms with Gasteiger partial charge in [-0.2, -0.15) is 13.2 Å². The number of hydrogen-bond acceptors (Lipinski definition) is 1. The third kappa shape index (κ3) is 4.08. The van der Waals surface area contributed by atoms with Crippen molar-refractivity contribution in [2.24, 2.45) is 5.92 Å². The number of hydrogen-bond donors (Lipinski definition) is 0. The van der Waals surface area contributed by atoms with E-state index in [1.807, 2.05) is 0 Å². The van der Waals surface area contributed by atoms with Gasteiger partial charge in [-0.25, -0.2) is 4.39 Å². The van der Waals surface area contributed by atoms with Gasteiger partial charge >= 0.3 is 6.18 Å². The molecule has 1 amide bonds. The first kappa shape index (κ1) is 16.5. The smallest absolute Gasteiger partial charge is 0.342 e. The minimum Gasteiger partial charge on any atom is -0.342 e. The Morgan fingerprint density at radius 1 is 1.36 bits per heavy atom. The van der Waals surface area contributed by atoms with Crippen LogP contribution in [0.25, 0.3) is 6.08 Å². The van der Waals surface area contributed by atoms with Crippen LogP contribution in [0.3, 0.4) is 0 Å². The van der Waals surface area contributed by atoms with Gasteiger partial charge in [-0.3, -0.25) is 4.79 Å². The van der Waals surface area contributed by atoms with Crippen molar-refractivity contribution >= 4 is 12.0 Å². The number of halogens is 4. The summed E-state index contributed by atoms with van der Waals surface area (Å²) in [5, 5.41) is 0. The highest BCUT2D eigenvalue weighted by Gasteiger charge is 2.42. The minimum absolute atomic E-state index is 0.0495. The molecule has 2 nitrogen and oxygen atoms in total. The summed E-state index contributed by atoms with van der Waals surface area (Å²) < 4.78 is 51.7. The first-order chi connectivity index (χ1) is 10.3. The molecule has 22 heavy (non-hydrogen) atoms. The number of carbonyl (C=O) groups excluding carboxylic acids is 1. The van der Waals surface area contributed by atoms with Crippen LogP contribution in [0.1, 0.15) is 24.0 Å². The number of rotatable bonds is 3. The maximum absolute atomic E-state index is 13.4. The minimum atomic E-state index is -4.28. The quantitative estimate of drug-likeness (QED) is 0.777. The SMILES string of the molecule is C=Cc1cc(F)cc(CC(=O)N2CCCC(C(F)(F)F)C2)c1. The average molecular weight is 315 g/mol. The van der Waals surface area contributed by atoms with E-state index in [-0.39, 0.29) is 19.4 Å². The predicted molar refractivity (Wildman–Crippen MR) is 75.6 cm³/mol. The second kappa shape index (κ2) is 6.50. The Hall–Kier alpha value is -1.85. The molecule has 1 heterocycles. The number of carbonyl (C=O) groups is 1. The Bertz CT molecular complexity index is 568. The van der Waals surface area contributed by atoms with Gasteiger partial charge in [-0.1, -0.05) is 18.7 Å². The monoisotopic (exact) mass is 315 g/mol. The molecule has 2 rings (SSSR count). The highest BCUT2D eigenvalue weighted by atomic mass is 19.4. The van der Waals surface area contributed by atoms with Gasteiger partial charge in [0.2, 0.25) is 5.91 Å². The zero-order valence-corrected chi connectivity index (χ0v) is 12.0. The van der Waals surface area contributed by atoms with Crippen molar-refractivity contribution in [1.82, 2.24) is 4.90 Å². The number of nitrogens with zero attached hydrogens (tertiary/aromatic N) is 1. The summed E-state index contributed by atoms with van der Waals surface area (Å²) in [7, 11) is 0. The lowest BCUT2D eigenvalue weighted by Gasteiger charge is -2.33. The van der Waals surface area contributed by atoms with Crippen LogP contribution in [-0.4, -0.2) is 30.1 Å². The van der Waals surface area contributed by atoms with Gasteiger partial charge in [-0.15, -0.1) is 0 Å². The molecule has 0 aliphatic carbocycles. The van der Waals surface area contributed by atoms with Gasteiger partial charge in [0.25, 0.3) is 0 Å². The fourth-order valence-corrected chi connectivity index (χ4v) is 2.65. The van der Waals surface area contributed by atoms with Crippen molar-refractivity contribution in [2.45, 2.75) is 25.4 Å². The molecule has 1 aromatic carbocycles. The number of piperidine rings is 1. The number of likely N-dealkylation sites (tertiary alicyclic amines) is 1. The largest absolute Gasteiger partial charge is 0.393 e. The maximum atomic E-state index is 13.4. The molecular weight excluding hydrogens is 298 g/mol. The summed E-state index contributed by atoms with van der Waals surface area (Å²) in [6.45, 7) is 3.53. The molecule has 0 saturated carbocycles. The Morgan fingerprint density at radius 2 is 2.09 bits per heavy atom. The Morgan fingerprint density at radius 3 is 2.73 bits per heavy atom. The van der Waals surface area contributed by atoms with Gasteiger partial charge in [0.15, 0.2) is 0 Å². The van der Waals surface area contributed by atoms with Crippen molar-refractivity contribution in [1.29, 1.82) is 0 Å². The molecule has 1 aromatic rings. The summed E-state index contributed by atoms with van der Waals surface area (Å²) in [6, 6.07) is 4.11. The lowest BCUT2D eigenvalue weighted by atomic mass is 9.97. The van der Waals surface area contributed by atoms with Crippen LogP contribution in [0, 0.1) is 11.7 Å². The topological polar surface area (TPSA) is 20.3 Å². The van der Waals surface area contributed by atoms with E-state index in [9.17, 15) is 22.4 Å². The van der Waals surface area contributed by atoms with E-state index in [2.05, 4.69) is 6.58 Å². The lowest BCUT2D eigenvalue weighted by Crippen LogP contribution is -2.45. The number of benzene rings is 1. The predicted octanol–water partition coefficient (Wildman–Crippen LogP) is 3.81. The molecule has 1 fully saturated rings. The average Bonchev–Trinajstić information content (AvgIpc) is 2.45. The second-order valence-electron chi connectivity index (χ2n) is 5.49. The summed E-state index contributed by atoms with van der Waals surface area (Å²) in [4.78, 5) is 13.4. The van der Waals surface area contributed by atoms with E-state index in [1.165, 1.54) is 23.1 Å². The zero-order chi connectivity index (χ0) is 16.3. The van der Waals surface area contributed by atoms with Gasteiger partial charge in [0.1, 0.15) is 5.82 Å². The van der Waals surface area contributed by atoms with Crippen LogP contribution in [0.15, 0.2) is 24.8 Å². The molecule has 0 spiro atoms. The fraction of sp³-hybridized carbons (Fsp3) is 0.438. The Kier molecular flexibility index (Phi) is 4.88. The van der Waals surface area contributed by atoms with Crippen molar-refractivity contribution in [3.05, 3.63) is 41.7 Å². The summed E-state index contributed by atoms with van der Waals surface area (Å²) in [5.41, 5.74) is 0.976. The van der Waals surface area contributed by atoms with Gasteiger partial charge in [0.05, 0.1) is 12.3 Å². The van der Waals surface area contributed by atoms with Crippen molar-refractivity contribution in [2.75, 3.05) is 13.1 Å².